The van der Waals surface area contributed by atoms with E-state index in [2.05, 4.69) is 5.32 Å². The van der Waals surface area contributed by atoms with Crippen LogP contribution in [0.3, 0.4) is 0 Å². The third-order valence-electron chi connectivity index (χ3n) is 4.13. The molecular weight excluding hydrogens is 317 g/mol. The molecule has 0 saturated carbocycles. The van der Waals surface area contributed by atoms with Crippen LogP contribution >= 0.6 is 0 Å². The van der Waals surface area contributed by atoms with Gasteiger partial charge in [0.1, 0.15) is 0 Å². The molecule has 0 aliphatic heterocycles. The molecule has 6 heteroatoms. The van der Waals surface area contributed by atoms with Crippen LogP contribution in [-0.2, 0) is 11.3 Å². The standard InChI is InChI=1S/C19H18BNO4/c1-25-19(22)16-9-4-8-15-14(16)7-5-11-18(15)21-12-13-6-2-3-10-17(13)20(23)24/h2-11,21,23-24H,12H2,1H3. The van der Waals surface area contributed by atoms with Gasteiger partial charge in [0, 0.05) is 17.6 Å². The van der Waals surface area contributed by atoms with Crippen molar-refractivity contribution in [3.8, 4) is 0 Å². The Morgan fingerprint density at radius 2 is 1.72 bits per heavy atom. The fourth-order valence-electron chi connectivity index (χ4n) is 2.89. The number of hydrogen-bond donors (Lipinski definition) is 3. The quantitative estimate of drug-likeness (QED) is 0.490. The summed E-state index contributed by atoms with van der Waals surface area (Å²) in [5.41, 5.74) is 2.62. The topological polar surface area (TPSA) is 78.8 Å². The van der Waals surface area contributed by atoms with Crippen molar-refractivity contribution in [2.75, 3.05) is 12.4 Å². The molecule has 3 aromatic rings. The van der Waals surface area contributed by atoms with Gasteiger partial charge in [-0.15, -0.1) is 0 Å². The Labute approximate surface area is 146 Å². The minimum absolute atomic E-state index is 0.378. The number of ether oxygens (including phenoxy) is 1. The van der Waals surface area contributed by atoms with E-state index in [0.717, 1.165) is 22.0 Å². The molecule has 3 rings (SSSR count). The second-order valence-electron chi connectivity index (χ2n) is 5.62. The van der Waals surface area contributed by atoms with Gasteiger partial charge in [-0.25, -0.2) is 4.79 Å². The molecule has 0 amide bonds. The summed E-state index contributed by atoms with van der Waals surface area (Å²) >= 11 is 0. The van der Waals surface area contributed by atoms with Crippen molar-refractivity contribution < 1.29 is 19.6 Å². The molecule has 0 aromatic heterocycles. The van der Waals surface area contributed by atoms with E-state index in [0.29, 0.717) is 17.6 Å². The molecule has 0 atom stereocenters. The molecule has 0 aliphatic rings. The van der Waals surface area contributed by atoms with E-state index in [-0.39, 0.29) is 5.97 Å². The van der Waals surface area contributed by atoms with E-state index in [1.54, 1.807) is 18.2 Å². The predicted molar refractivity (Wildman–Crippen MR) is 98.9 cm³/mol. The Hall–Kier alpha value is -2.83. The van der Waals surface area contributed by atoms with E-state index in [1.165, 1.54) is 7.11 Å². The van der Waals surface area contributed by atoms with Crippen LogP contribution in [0.4, 0.5) is 5.69 Å². The van der Waals surface area contributed by atoms with Crippen molar-refractivity contribution in [3.63, 3.8) is 0 Å². The summed E-state index contributed by atoms with van der Waals surface area (Å²) in [7, 11) is -0.156. The lowest BCUT2D eigenvalue weighted by Crippen LogP contribution is -2.33. The smallest absolute Gasteiger partial charge is 0.465 e. The predicted octanol–water partition coefficient (Wildman–Crippen LogP) is 1.92. The van der Waals surface area contributed by atoms with Gasteiger partial charge in [0.05, 0.1) is 12.7 Å². The molecule has 0 spiro atoms. The first-order valence-corrected chi connectivity index (χ1v) is 7.89. The Kier molecular flexibility index (Phi) is 5.02. The molecule has 3 N–H and O–H groups in total. The zero-order valence-electron chi connectivity index (χ0n) is 13.8. The van der Waals surface area contributed by atoms with Crippen molar-refractivity contribution in [1.29, 1.82) is 0 Å². The van der Waals surface area contributed by atoms with Crippen molar-refractivity contribution in [2.24, 2.45) is 0 Å². The number of esters is 1. The van der Waals surface area contributed by atoms with Crippen LogP contribution in [-0.4, -0.2) is 30.2 Å². The van der Waals surface area contributed by atoms with Gasteiger partial charge < -0.3 is 20.1 Å². The lowest BCUT2D eigenvalue weighted by Gasteiger charge is -2.14. The van der Waals surface area contributed by atoms with Gasteiger partial charge in [-0.3, -0.25) is 0 Å². The summed E-state index contributed by atoms with van der Waals surface area (Å²) in [5, 5.41) is 24.0. The Morgan fingerprint density at radius 3 is 2.48 bits per heavy atom. The summed E-state index contributed by atoms with van der Waals surface area (Å²) in [4.78, 5) is 11.9. The summed E-state index contributed by atoms with van der Waals surface area (Å²) < 4.78 is 4.84. The van der Waals surface area contributed by atoms with Crippen LogP contribution in [0.15, 0.2) is 60.7 Å². The monoisotopic (exact) mass is 335 g/mol. The van der Waals surface area contributed by atoms with Gasteiger partial charge in [-0.05, 0) is 28.5 Å². The second-order valence-corrected chi connectivity index (χ2v) is 5.62. The van der Waals surface area contributed by atoms with E-state index in [4.69, 9.17) is 4.74 Å². The average molecular weight is 335 g/mol. The number of nitrogens with one attached hydrogen (secondary N) is 1. The van der Waals surface area contributed by atoms with Crippen LogP contribution in [0, 0.1) is 0 Å². The fourth-order valence-corrected chi connectivity index (χ4v) is 2.89. The Bertz CT molecular complexity index is 911. The number of benzene rings is 3. The minimum Gasteiger partial charge on any atom is -0.465 e. The maximum absolute atomic E-state index is 11.9. The van der Waals surface area contributed by atoms with Crippen LogP contribution in [0.5, 0.6) is 0 Å². The van der Waals surface area contributed by atoms with Crippen LogP contribution in [0.1, 0.15) is 15.9 Å². The highest BCUT2D eigenvalue weighted by molar-refractivity contribution is 6.59. The summed E-state index contributed by atoms with van der Waals surface area (Å²) in [5.74, 6) is -0.378. The van der Waals surface area contributed by atoms with Gasteiger partial charge in [0.2, 0.25) is 0 Å². The average Bonchev–Trinajstić information content (AvgIpc) is 2.65. The summed E-state index contributed by atoms with van der Waals surface area (Å²) in [6.45, 7) is 0.426. The zero-order valence-corrected chi connectivity index (χ0v) is 13.8. The number of hydrogen-bond acceptors (Lipinski definition) is 5. The van der Waals surface area contributed by atoms with Crippen LogP contribution in [0.2, 0.25) is 0 Å². The summed E-state index contributed by atoms with van der Waals surface area (Å²) in [6.07, 6.45) is 0. The SMILES string of the molecule is COC(=O)c1cccc2c(NCc3ccccc3B(O)O)cccc12. The molecule has 0 radical (unpaired) electrons. The molecule has 0 unspecified atom stereocenters. The van der Waals surface area contributed by atoms with E-state index < -0.39 is 7.12 Å². The van der Waals surface area contributed by atoms with Gasteiger partial charge in [-0.1, -0.05) is 48.5 Å². The van der Waals surface area contributed by atoms with Gasteiger partial charge in [0.15, 0.2) is 0 Å². The lowest BCUT2D eigenvalue weighted by atomic mass is 9.77. The van der Waals surface area contributed by atoms with E-state index in [1.807, 2.05) is 42.5 Å². The molecule has 0 aliphatic carbocycles. The van der Waals surface area contributed by atoms with Gasteiger partial charge >= 0.3 is 13.1 Å². The maximum Gasteiger partial charge on any atom is 0.488 e. The number of methoxy groups -OCH3 is 1. The van der Waals surface area contributed by atoms with E-state index in [9.17, 15) is 14.8 Å². The Morgan fingerprint density at radius 1 is 1.00 bits per heavy atom. The van der Waals surface area contributed by atoms with Crippen molar-refractivity contribution >= 4 is 35.0 Å². The number of carbonyl (C=O) groups is 1. The number of fused-ring (bicyclic) bond motifs is 1. The highest BCUT2D eigenvalue weighted by atomic mass is 16.5. The first kappa shape index (κ1) is 17.0. The molecule has 0 saturated heterocycles. The molecule has 126 valence electrons. The third-order valence-corrected chi connectivity index (χ3v) is 4.13. The van der Waals surface area contributed by atoms with Crippen molar-refractivity contribution in [3.05, 3.63) is 71.8 Å². The van der Waals surface area contributed by atoms with E-state index >= 15 is 0 Å². The minimum atomic E-state index is -1.52. The molecule has 0 heterocycles. The number of anilines is 1. The van der Waals surface area contributed by atoms with Crippen LogP contribution in [0.25, 0.3) is 10.8 Å². The first-order chi connectivity index (χ1) is 12.1. The lowest BCUT2D eigenvalue weighted by molar-refractivity contribution is 0.0603. The first-order valence-electron chi connectivity index (χ1n) is 7.89. The van der Waals surface area contributed by atoms with Crippen molar-refractivity contribution in [1.82, 2.24) is 0 Å². The molecule has 5 nitrogen and oxygen atoms in total. The number of rotatable bonds is 5. The van der Waals surface area contributed by atoms with Gasteiger partial charge in [-0.2, -0.15) is 0 Å². The third kappa shape index (κ3) is 3.50. The largest absolute Gasteiger partial charge is 0.488 e. The zero-order chi connectivity index (χ0) is 17.8. The number of carbonyl (C=O) groups excluding carboxylic acids is 1. The maximum atomic E-state index is 11.9. The molecule has 3 aromatic carbocycles. The Balaban J connectivity index is 1.94. The highest BCUT2D eigenvalue weighted by Crippen LogP contribution is 2.27. The molecule has 0 fully saturated rings. The summed E-state index contributed by atoms with van der Waals surface area (Å²) in [6, 6.07) is 18.3. The van der Waals surface area contributed by atoms with Gasteiger partial charge in [0.25, 0.3) is 0 Å². The van der Waals surface area contributed by atoms with Crippen molar-refractivity contribution in [2.45, 2.75) is 6.54 Å². The molecular formula is C19H18BNO4. The van der Waals surface area contributed by atoms with Crippen LogP contribution < -0.4 is 10.8 Å². The molecule has 25 heavy (non-hydrogen) atoms. The fraction of sp³-hybridized carbons (Fsp3) is 0.105. The second kappa shape index (κ2) is 7.38. The normalized spacial score (nSPS) is 10.5. The molecule has 0 bridgehead atoms. The highest BCUT2D eigenvalue weighted by Gasteiger charge is 2.15.